The summed E-state index contributed by atoms with van der Waals surface area (Å²) in [6.45, 7) is 3.18. The lowest BCUT2D eigenvalue weighted by Gasteiger charge is -2.30. The van der Waals surface area contributed by atoms with Gasteiger partial charge in [0.25, 0.3) is 0 Å². The number of nitrogens with zero attached hydrogens (tertiary/aromatic N) is 3. The van der Waals surface area contributed by atoms with E-state index in [1.807, 2.05) is 0 Å². The van der Waals surface area contributed by atoms with Crippen molar-refractivity contribution >= 4 is 6.03 Å². The number of hydrogen-bond donors (Lipinski definition) is 1. The third kappa shape index (κ3) is 4.49. The smallest absolute Gasteiger partial charge is 0.317 e. The SMILES string of the molecule is O=C(NCc1ccc(F)cc1)N1CCC(c2nc(C3CCOCC3)no2)CC1. The molecule has 3 heterocycles. The van der Waals surface area contributed by atoms with Crippen molar-refractivity contribution in [3.63, 3.8) is 0 Å². The normalized spacial score (nSPS) is 19.0. The molecule has 2 amide bonds. The van der Waals surface area contributed by atoms with Gasteiger partial charge in [0.15, 0.2) is 5.82 Å². The van der Waals surface area contributed by atoms with Gasteiger partial charge in [0, 0.05) is 44.7 Å². The lowest BCUT2D eigenvalue weighted by atomic mass is 9.96. The van der Waals surface area contributed by atoms with E-state index in [1.54, 1.807) is 17.0 Å². The Labute approximate surface area is 163 Å². The zero-order valence-corrected chi connectivity index (χ0v) is 15.8. The first-order chi connectivity index (χ1) is 13.7. The first-order valence-corrected chi connectivity index (χ1v) is 9.87. The molecule has 4 rings (SSSR count). The molecule has 7 nitrogen and oxygen atoms in total. The molecule has 0 saturated carbocycles. The Morgan fingerprint density at radius 3 is 2.54 bits per heavy atom. The minimum Gasteiger partial charge on any atom is -0.381 e. The fraction of sp³-hybridized carbons (Fsp3) is 0.550. The highest BCUT2D eigenvalue weighted by Crippen LogP contribution is 2.30. The van der Waals surface area contributed by atoms with Crippen LogP contribution in [-0.2, 0) is 11.3 Å². The highest BCUT2D eigenvalue weighted by molar-refractivity contribution is 5.74. The van der Waals surface area contributed by atoms with Crippen LogP contribution in [0.3, 0.4) is 0 Å². The summed E-state index contributed by atoms with van der Waals surface area (Å²) >= 11 is 0. The molecule has 0 bridgehead atoms. The molecular weight excluding hydrogens is 363 g/mol. The molecule has 2 fully saturated rings. The van der Waals surface area contributed by atoms with E-state index in [-0.39, 0.29) is 17.8 Å². The Morgan fingerprint density at radius 1 is 1.11 bits per heavy atom. The number of halogens is 1. The number of nitrogens with one attached hydrogen (secondary N) is 1. The lowest BCUT2D eigenvalue weighted by Crippen LogP contribution is -2.43. The molecule has 0 aliphatic carbocycles. The number of benzene rings is 1. The van der Waals surface area contributed by atoms with E-state index < -0.39 is 0 Å². The van der Waals surface area contributed by atoms with Crippen molar-refractivity contribution in [2.45, 2.75) is 44.1 Å². The van der Waals surface area contributed by atoms with Crippen LogP contribution in [0.2, 0.25) is 0 Å². The van der Waals surface area contributed by atoms with Crippen LogP contribution in [0.25, 0.3) is 0 Å². The number of ether oxygens (including phenoxy) is 1. The average Bonchev–Trinajstić information content (AvgIpc) is 3.24. The second kappa shape index (κ2) is 8.68. The van der Waals surface area contributed by atoms with Gasteiger partial charge in [-0.2, -0.15) is 4.98 Å². The molecule has 2 aliphatic heterocycles. The molecule has 28 heavy (non-hydrogen) atoms. The topological polar surface area (TPSA) is 80.5 Å². The maximum Gasteiger partial charge on any atom is 0.317 e. The van der Waals surface area contributed by atoms with Gasteiger partial charge < -0.3 is 19.5 Å². The fourth-order valence-electron chi connectivity index (χ4n) is 3.76. The fourth-order valence-corrected chi connectivity index (χ4v) is 3.76. The maximum atomic E-state index is 12.9. The predicted octanol–water partition coefficient (Wildman–Crippen LogP) is 3.19. The molecule has 0 unspecified atom stereocenters. The maximum absolute atomic E-state index is 12.9. The molecule has 8 heteroatoms. The summed E-state index contributed by atoms with van der Waals surface area (Å²) in [5.41, 5.74) is 0.871. The molecule has 1 N–H and O–H groups in total. The van der Waals surface area contributed by atoms with Crippen molar-refractivity contribution in [1.29, 1.82) is 0 Å². The Morgan fingerprint density at radius 2 is 1.82 bits per heavy atom. The van der Waals surface area contributed by atoms with Crippen LogP contribution in [0.5, 0.6) is 0 Å². The van der Waals surface area contributed by atoms with E-state index in [9.17, 15) is 9.18 Å². The van der Waals surface area contributed by atoms with Crippen molar-refractivity contribution in [2.75, 3.05) is 26.3 Å². The van der Waals surface area contributed by atoms with Crippen LogP contribution in [-0.4, -0.2) is 47.4 Å². The van der Waals surface area contributed by atoms with Gasteiger partial charge in [-0.1, -0.05) is 17.3 Å². The molecular formula is C20H25FN4O3. The molecule has 1 aromatic heterocycles. The first-order valence-electron chi connectivity index (χ1n) is 9.87. The Balaban J connectivity index is 1.25. The summed E-state index contributed by atoms with van der Waals surface area (Å²) in [5.74, 6) is 1.72. The van der Waals surface area contributed by atoms with Crippen molar-refractivity contribution in [3.8, 4) is 0 Å². The van der Waals surface area contributed by atoms with Crippen LogP contribution < -0.4 is 5.32 Å². The summed E-state index contributed by atoms with van der Waals surface area (Å²) in [5, 5.41) is 7.07. The van der Waals surface area contributed by atoms with Crippen LogP contribution in [0, 0.1) is 5.82 Å². The van der Waals surface area contributed by atoms with E-state index in [1.165, 1.54) is 12.1 Å². The van der Waals surface area contributed by atoms with Gasteiger partial charge in [-0.3, -0.25) is 0 Å². The minimum absolute atomic E-state index is 0.101. The number of hydrogen-bond acceptors (Lipinski definition) is 5. The van der Waals surface area contributed by atoms with Gasteiger partial charge >= 0.3 is 6.03 Å². The Hall–Kier alpha value is -2.48. The van der Waals surface area contributed by atoms with Crippen molar-refractivity contribution in [2.24, 2.45) is 0 Å². The number of piperidine rings is 1. The van der Waals surface area contributed by atoms with Crippen LogP contribution in [0.15, 0.2) is 28.8 Å². The molecule has 1 aromatic carbocycles. The van der Waals surface area contributed by atoms with Crippen molar-refractivity contribution < 1.29 is 18.4 Å². The van der Waals surface area contributed by atoms with Crippen molar-refractivity contribution in [3.05, 3.63) is 47.4 Å². The van der Waals surface area contributed by atoms with Crippen molar-refractivity contribution in [1.82, 2.24) is 20.4 Å². The first kappa shape index (κ1) is 18.9. The number of urea groups is 1. The highest BCUT2D eigenvalue weighted by Gasteiger charge is 2.29. The van der Waals surface area contributed by atoms with Crippen LogP contribution >= 0.6 is 0 Å². The molecule has 0 atom stereocenters. The number of carbonyl (C=O) groups excluding carboxylic acids is 1. The second-order valence-electron chi connectivity index (χ2n) is 7.42. The molecule has 2 saturated heterocycles. The number of likely N-dealkylation sites (tertiary alicyclic amines) is 1. The van der Waals surface area contributed by atoms with Gasteiger partial charge in [0.05, 0.1) is 0 Å². The van der Waals surface area contributed by atoms with E-state index in [0.29, 0.717) is 31.4 Å². The van der Waals surface area contributed by atoms with Gasteiger partial charge in [-0.05, 0) is 43.4 Å². The highest BCUT2D eigenvalue weighted by atomic mass is 19.1. The monoisotopic (exact) mass is 388 g/mol. The summed E-state index contributed by atoms with van der Waals surface area (Å²) in [4.78, 5) is 18.8. The molecule has 2 aromatic rings. The summed E-state index contributed by atoms with van der Waals surface area (Å²) in [6.07, 6.45) is 3.48. The van der Waals surface area contributed by atoms with Gasteiger partial charge in [0.1, 0.15) is 5.82 Å². The van der Waals surface area contributed by atoms with E-state index >= 15 is 0 Å². The standard InChI is InChI=1S/C20H25FN4O3/c21-17-3-1-14(2-4-17)13-22-20(26)25-9-5-16(6-10-25)19-23-18(24-28-19)15-7-11-27-12-8-15/h1-4,15-16H,5-13H2,(H,22,26). The molecule has 0 radical (unpaired) electrons. The molecule has 0 spiro atoms. The van der Waals surface area contributed by atoms with E-state index in [4.69, 9.17) is 9.26 Å². The van der Waals surface area contributed by atoms with E-state index in [0.717, 1.165) is 50.3 Å². The van der Waals surface area contributed by atoms with E-state index in [2.05, 4.69) is 15.5 Å². The van der Waals surface area contributed by atoms with Gasteiger partial charge in [-0.15, -0.1) is 0 Å². The summed E-state index contributed by atoms with van der Waals surface area (Å²) < 4.78 is 23.8. The summed E-state index contributed by atoms with van der Waals surface area (Å²) in [7, 11) is 0. The van der Waals surface area contributed by atoms with Crippen LogP contribution in [0.4, 0.5) is 9.18 Å². The number of carbonyl (C=O) groups is 1. The third-order valence-corrected chi connectivity index (χ3v) is 5.53. The zero-order chi connectivity index (χ0) is 19.3. The quantitative estimate of drug-likeness (QED) is 0.870. The zero-order valence-electron chi connectivity index (χ0n) is 15.8. The molecule has 150 valence electrons. The number of amides is 2. The number of rotatable bonds is 4. The second-order valence-corrected chi connectivity index (χ2v) is 7.42. The predicted molar refractivity (Wildman–Crippen MR) is 99.3 cm³/mol. The largest absolute Gasteiger partial charge is 0.381 e. The molecule has 2 aliphatic rings. The number of aromatic nitrogens is 2. The third-order valence-electron chi connectivity index (χ3n) is 5.53. The van der Waals surface area contributed by atoms with Crippen LogP contribution in [0.1, 0.15) is 54.8 Å². The summed E-state index contributed by atoms with van der Waals surface area (Å²) in [6, 6.07) is 6.04. The minimum atomic E-state index is -0.279. The van der Waals surface area contributed by atoms with Gasteiger partial charge in [-0.25, -0.2) is 9.18 Å². The Bertz CT molecular complexity index is 781. The average molecular weight is 388 g/mol. The Kier molecular flexibility index (Phi) is 5.85. The van der Waals surface area contributed by atoms with Gasteiger partial charge in [0.2, 0.25) is 5.89 Å². The lowest BCUT2D eigenvalue weighted by molar-refractivity contribution is 0.0830.